The van der Waals surface area contributed by atoms with Gasteiger partial charge in [0.2, 0.25) is 10.0 Å². The maximum Gasteiger partial charge on any atom is 0.269 e. The van der Waals surface area contributed by atoms with Gasteiger partial charge in [0.1, 0.15) is 10.6 Å². The zero-order valence-electron chi connectivity index (χ0n) is 13.2. The van der Waals surface area contributed by atoms with Crippen molar-refractivity contribution in [2.45, 2.75) is 30.2 Å². The molecule has 1 aromatic heterocycles. The van der Waals surface area contributed by atoms with Crippen molar-refractivity contribution in [1.29, 1.82) is 0 Å². The van der Waals surface area contributed by atoms with Gasteiger partial charge in [0, 0.05) is 33.4 Å². The number of nitrogens with one attached hydrogen (secondary N) is 1. The highest BCUT2D eigenvalue weighted by Crippen LogP contribution is 2.26. The van der Waals surface area contributed by atoms with Crippen LogP contribution in [0.5, 0.6) is 0 Å². The summed E-state index contributed by atoms with van der Waals surface area (Å²) >= 11 is 0. The summed E-state index contributed by atoms with van der Waals surface area (Å²) in [5.74, 6) is -0.0500. The fourth-order valence-electron chi connectivity index (χ4n) is 2.86. The molecule has 1 aliphatic rings. The maximum atomic E-state index is 12.5. The van der Waals surface area contributed by atoms with E-state index in [-0.39, 0.29) is 22.8 Å². The van der Waals surface area contributed by atoms with Crippen LogP contribution in [0.2, 0.25) is 0 Å². The Morgan fingerprint density at radius 3 is 2.73 bits per heavy atom. The topological polar surface area (TPSA) is 97.4 Å². The van der Waals surface area contributed by atoms with E-state index in [1.807, 2.05) is 0 Å². The molecule has 1 heterocycles. The van der Waals surface area contributed by atoms with Crippen molar-refractivity contribution in [3.8, 4) is 0 Å². The van der Waals surface area contributed by atoms with Gasteiger partial charge in [-0.25, -0.2) is 13.1 Å². The lowest BCUT2D eigenvalue weighted by atomic mass is 10.1. The summed E-state index contributed by atoms with van der Waals surface area (Å²) in [7, 11) is 1.28. The Balaban J connectivity index is 2.23. The van der Waals surface area contributed by atoms with E-state index < -0.39 is 10.0 Å². The van der Waals surface area contributed by atoms with E-state index in [1.165, 1.54) is 21.7 Å². The summed E-state index contributed by atoms with van der Waals surface area (Å²) in [5.41, 5.74) is 6.03. The predicted molar refractivity (Wildman–Crippen MR) is 83.9 cm³/mol. The highest BCUT2D eigenvalue weighted by Gasteiger charge is 2.31. The van der Waals surface area contributed by atoms with Gasteiger partial charge in [-0.05, 0) is 31.4 Å². The number of sulfonamides is 1. The number of aromatic nitrogens is 1. The summed E-state index contributed by atoms with van der Waals surface area (Å²) in [6.45, 7) is 0.479. The molecular formula is C14H24N4O3S. The average molecular weight is 328 g/mol. The predicted octanol–water partition coefficient (Wildman–Crippen LogP) is 0.133. The van der Waals surface area contributed by atoms with Gasteiger partial charge in [-0.15, -0.1) is 0 Å². The smallest absolute Gasteiger partial charge is 0.269 e. The van der Waals surface area contributed by atoms with Crippen LogP contribution in [0.1, 0.15) is 29.8 Å². The Labute approximate surface area is 131 Å². The molecule has 124 valence electrons. The molecule has 1 aromatic rings. The Morgan fingerprint density at radius 1 is 1.45 bits per heavy atom. The van der Waals surface area contributed by atoms with Gasteiger partial charge >= 0.3 is 0 Å². The monoisotopic (exact) mass is 328 g/mol. The molecular weight excluding hydrogens is 304 g/mol. The van der Waals surface area contributed by atoms with Crippen molar-refractivity contribution in [1.82, 2.24) is 14.2 Å². The number of carbonyl (C=O) groups excluding carboxylic acids is 1. The molecule has 8 heteroatoms. The number of nitrogens with two attached hydrogens (primary N) is 1. The first kappa shape index (κ1) is 17.0. The maximum absolute atomic E-state index is 12.5. The third kappa shape index (κ3) is 3.34. The number of carbonyl (C=O) groups is 1. The number of hydrogen-bond donors (Lipinski definition) is 2. The summed E-state index contributed by atoms with van der Waals surface area (Å²) in [5, 5.41) is 0. The van der Waals surface area contributed by atoms with E-state index in [0.717, 1.165) is 19.3 Å². The lowest BCUT2D eigenvalue weighted by Crippen LogP contribution is -2.39. The fraction of sp³-hybridized carbons (Fsp3) is 0.643. The molecule has 0 saturated heterocycles. The normalized spacial score (nSPS) is 22.0. The van der Waals surface area contributed by atoms with Crippen molar-refractivity contribution in [2.75, 3.05) is 20.6 Å². The summed E-state index contributed by atoms with van der Waals surface area (Å²) in [6, 6.07) is 1.29. The molecule has 1 aliphatic carbocycles. The minimum atomic E-state index is -3.64. The minimum Gasteiger partial charge on any atom is -0.345 e. The Hall–Kier alpha value is -1.38. The first-order valence-electron chi connectivity index (χ1n) is 7.36. The Kier molecular flexibility index (Phi) is 4.93. The molecule has 1 amide bonds. The van der Waals surface area contributed by atoms with E-state index in [9.17, 15) is 13.2 Å². The van der Waals surface area contributed by atoms with Gasteiger partial charge in [-0.3, -0.25) is 4.79 Å². The number of nitrogens with zero attached hydrogens (tertiary/aromatic N) is 2. The van der Waals surface area contributed by atoms with Crippen LogP contribution in [-0.4, -0.2) is 50.5 Å². The number of hydrogen-bond acceptors (Lipinski definition) is 4. The van der Waals surface area contributed by atoms with E-state index in [0.29, 0.717) is 12.2 Å². The Bertz CT molecular complexity index is 651. The molecule has 0 aromatic carbocycles. The van der Waals surface area contributed by atoms with Crippen LogP contribution in [0.3, 0.4) is 0 Å². The third-order valence-corrected chi connectivity index (χ3v) is 5.64. The molecule has 2 atom stereocenters. The Morgan fingerprint density at radius 2 is 2.14 bits per heavy atom. The van der Waals surface area contributed by atoms with E-state index in [2.05, 4.69) is 4.72 Å². The average Bonchev–Trinajstić information content (AvgIpc) is 3.04. The highest BCUT2D eigenvalue weighted by atomic mass is 32.2. The largest absolute Gasteiger partial charge is 0.345 e. The molecule has 22 heavy (non-hydrogen) atoms. The SMILES string of the molecule is CN(C)C(=O)c1cc(S(=O)(=O)NC2CCCC2CN)cn1C. The van der Waals surface area contributed by atoms with Crippen molar-refractivity contribution >= 4 is 15.9 Å². The van der Waals surface area contributed by atoms with Gasteiger partial charge < -0.3 is 15.2 Å². The number of amides is 1. The third-order valence-electron chi connectivity index (χ3n) is 4.18. The van der Waals surface area contributed by atoms with Gasteiger partial charge in [-0.2, -0.15) is 0 Å². The van der Waals surface area contributed by atoms with Crippen molar-refractivity contribution < 1.29 is 13.2 Å². The molecule has 0 spiro atoms. The van der Waals surface area contributed by atoms with Crippen LogP contribution in [0.4, 0.5) is 0 Å². The highest BCUT2D eigenvalue weighted by molar-refractivity contribution is 7.89. The van der Waals surface area contributed by atoms with Gasteiger partial charge in [0.25, 0.3) is 5.91 Å². The van der Waals surface area contributed by atoms with Crippen molar-refractivity contribution in [3.63, 3.8) is 0 Å². The second-order valence-corrected chi connectivity index (χ2v) is 7.74. The number of rotatable bonds is 5. The van der Waals surface area contributed by atoms with Crippen LogP contribution >= 0.6 is 0 Å². The molecule has 0 radical (unpaired) electrons. The molecule has 0 aliphatic heterocycles. The van der Waals surface area contributed by atoms with Gasteiger partial charge in [-0.1, -0.05) is 6.42 Å². The standard InChI is InChI=1S/C14H24N4O3S/c1-17(2)14(19)13-7-11(9-18(13)3)22(20,21)16-12-6-4-5-10(12)8-15/h7,9-10,12,16H,4-6,8,15H2,1-3H3. The van der Waals surface area contributed by atoms with Crippen molar-refractivity contribution in [3.05, 3.63) is 18.0 Å². The molecule has 2 unspecified atom stereocenters. The minimum absolute atomic E-state index is 0.114. The molecule has 1 fully saturated rings. The second kappa shape index (κ2) is 6.39. The van der Waals surface area contributed by atoms with E-state index >= 15 is 0 Å². The zero-order chi connectivity index (χ0) is 16.5. The van der Waals surface area contributed by atoms with Crippen LogP contribution in [-0.2, 0) is 17.1 Å². The van der Waals surface area contributed by atoms with Crippen LogP contribution < -0.4 is 10.5 Å². The zero-order valence-corrected chi connectivity index (χ0v) is 14.1. The second-order valence-electron chi connectivity index (χ2n) is 6.03. The molecule has 1 saturated carbocycles. The summed E-state index contributed by atoms with van der Waals surface area (Å²) in [6.07, 6.45) is 4.19. The molecule has 7 nitrogen and oxygen atoms in total. The van der Waals surface area contributed by atoms with E-state index in [1.54, 1.807) is 21.1 Å². The van der Waals surface area contributed by atoms with Gasteiger partial charge in [0.15, 0.2) is 0 Å². The fourth-order valence-corrected chi connectivity index (χ4v) is 4.27. The first-order chi connectivity index (χ1) is 10.3. The lowest BCUT2D eigenvalue weighted by molar-refractivity contribution is 0.0818. The number of aryl methyl sites for hydroxylation is 1. The molecule has 2 rings (SSSR count). The van der Waals surface area contributed by atoms with Crippen LogP contribution in [0.25, 0.3) is 0 Å². The van der Waals surface area contributed by atoms with E-state index in [4.69, 9.17) is 5.73 Å². The first-order valence-corrected chi connectivity index (χ1v) is 8.85. The van der Waals surface area contributed by atoms with Crippen molar-refractivity contribution in [2.24, 2.45) is 18.7 Å². The van der Waals surface area contributed by atoms with Crippen LogP contribution in [0.15, 0.2) is 17.2 Å². The summed E-state index contributed by atoms with van der Waals surface area (Å²) < 4.78 is 29.3. The summed E-state index contributed by atoms with van der Waals surface area (Å²) in [4.78, 5) is 13.6. The quantitative estimate of drug-likeness (QED) is 0.803. The lowest BCUT2D eigenvalue weighted by Gasteiger charge is -2.18. The molecule has 0 bridgehead atoms. The van der Waals surface area contributed by atoms with Crippen LogP contribution in [0, 0.1) is 5.92 Å². The van der Waals surface area contributed by atoms with Gasteiger partial charge in [0.05, 0.1) is 0 Å². The molecule has 3 N–H and O–H groups in total.